The molecular formula is C15H20N4. The molecule has 1 atom stereocenters. The van der Waals surface area contributed by atoms with Gasteiger partial charge in [-0.1, -0.05) is 0 Å². The number of rotatable bonds is 3. The van der Waals surface area contributed by atoms with E-state index in [1.165, 1.54) is 12.1 Å². The number of anilines is 1. The maximum absolute atomic E-state index is 4.25. The van der Waals surface area contributed by atoms with Crippen LogP contribution in [0, 0.1) is 0 Å². The summed E-state index contributed by atoms with van der Waals surface area (Å²) in [6.45, 7) is 2.26. The molecule has 1 saturated heterocycles. The molecule has 0 saturated carbocycles. The minimum absolute atomic E-state index is 0.672. The van der Waals surface area contributed by atoms with E-state index < -0.39 is 0 Å². The van der Waals surface area contributed by atoms with Gasteiger partial charge in [0.05, 0.1) is 5.69 Å². The van der Waals surface area contributed by atoms with E-state index in [4.69, 9.17) is 0 Å². The highest BCUT2D eigenvalue weighted by Crippen LogP contribution is 2.23. The van der Waals surface area contributed by atoms with Gasteiger partial charge in [-0.05, 0) is 50.8 Å². The molecule has 100 valence electrons. The molecule has 0 aliphatic carbocycles. The van der Waals surface area contributed by atoms with Crippen LogP contribution in [0.2, 0.25) is 0 Å². The van der Waals surface area contributed by atoms with E-state index >= 15 is 0 Å². The fourth-order valence-electron chi connectivity index (χ4n) is 2.64. The Morgan fingerprint density at radius 1 is 1.16 bits per heavy atom. The standard InChI is InChI=1S/C15H20N4/c1-17(2)15-8-11-18(12-15)13-4-6-14(7-5-13)19-10-3-9-16-19/h3-7,9-10,15H,8,11-12H2,1-2H3/t15-/m0/s1. The molecule has 0 radical (unpaired) electrons. The first-order chi connectivity index (χ1) is 9.24. The Bertz CT molecular complexity index is 516. The highest BCUT2D eigenvalue weighted by molar-refractivity contribution is 5.51. The molecule has 1 aliphatic heterocycles. The first-order valence-corrected chi connectivity index (χ1v) is 6.75. The van der Waals surface area contributed by atoms with E-state index in [0.29, 0.717) is 6.04 Å². The highest BCUT2D eigenvalue weighted by Gasteiger charge is 2.23. The molecule has 4 nitrogen and oxygen atoms in total. The summed E-state index contributed by atoms with van der Waals surface area (Å²) in [5.41, 5.74) is 2.41. The van der Waals surface area contributed by atoms with Gasteiger partial charge in [0.2, 0.25) is 0 Å². The van der Waals surface area contributed by atoms with Gasteiger partial charge in [0.15, 0.2) is 0 Å². The lowest BCUT2D eigenvalue weighted by Crippen LogP contribution is -2.31. The third-order valence-corrected chi connectivity index (χ3v) is 3.88. The second kappa shape index (κ2) is 5.05. The predicted octanol–water partition coefficient (Wildman–Crippen LogP) is 2.01. The Kier molecular flexibility index (Phi) is 3.25. The van der Waals surface area contributed by atoms with Gasteiger partial charge in [-0.25, -0.2) is 4.68 Å². The van der Waals surface area contributed by atoms with Crippen molar-refractivity contribution in [2.75, 3.05) is 32.1 Å². The first-order valence-electron chi connectivity index (χ1n) is 6.75. The fourth-order valence-corrected chi connectivity index (χ4v) is 2.64. The van der Waals surface area contributed by atoms with Crippen molar-refractivity contribution in [3.05, 3.63) is 42.7 Å². The zero-order chi connectivity index (χ0) is 13.2. The molecule has 1 fully saturated rings. The third-order valence-electron chi connectivity index (χ3n) is 3.88. The largest absolute Gasteiger partial charge is 0.370 e. The summed E-state index contributed by atoms with van der Waals surface area (Å²) < 4.78 is 1.89. The van der Waals surface area contributed by atoms with E-state index in [0.717, 1.165) is 18.8 Å². The summed E-state index contributed by atoms with van der Waals surface area (Å²) in [6, 6.07) is 11.3. The first kappa shape index (κ1) is 12.2. The number of likely N-dealkylation sites (N-methyl/N-ethyl adjacent to an activating group) is 1. The van der Waals surface area contributed by atoms with Gasteiger partial charge in [0, 0.05) is 37.2 Å². The zero-order valence-electron chi connectivity index (χ0n) is 11.5. The van der Waals surface area contributed by atoms with Gasteiger partial charge >= 0.3 is 0 Å². The van der Waals surface area contributed by atoms with E-state index in [2.05, 4.69) is 53.3 Å². The van der Waals surface area contributed by atoms with Crippen molar-refractivity contribution in [2.45, 2.75) is 12.5 Å². The summed E-state index contributed by atoms with van der Waals surface area (Å²) in [5.74, 6) is 0. The third kappa shape index (κ3) is 2.49. The van der Waals surface area contributed by atoms with Crippen LogP contribution in [0.1, 0.15) is 6.42 Å². The van der Waals surface area contributed by atoms with E-state index in [9.17, 15) is 0 Å². The quantitative estimate of drug-likeness (QED) is 0.839. The average molecular weight is 256 g/mol. The second-order valence-electron chi connectivity index (χ2n) is 5.32. The van der Waals surface area contributed by atoms with Gasteiger partial charge in [0.25, 0.3) is 0 Å². The minimum atomic E-state index is 0.672. The predicted molar refractivity (Wildman–Crippen MR) is 77.9 cm³/mol. The molecule has 2 aromatic rings. The van der Waals surface area contributed by atoms with E-state index in [1.54, 1.807) is 6.20 Å². The molecule has 0 amide bonds. The zero-order valence-corrected chi connectivity index (χ0v) is 11.5. The maximum atomic E-state index is 4.25. The van der Waals surface area contributed by atoms with E-state index in [1.807, 2.05) is 16.9 Å². The summed E-state index contributed by atoms with van der Waals surface area (Å²) in [4.78, 5) is 4.77. The molecular weight excluding hydrogens is 236 g/mol. The topological polar surface area (TPSA) is 24.3 Å². The van der Waals surface area contributed by atoms with Crippen LogP contribution in [0.3, 0.4) is 0 Å². The van der Waals surface area contributed by atoms with Crippen LogP contribution >= 0.6 is 0 Å². The van der Waals surface area contributed by atoms with Crippen LogP contribution < -0.4 is 4.90 Å². The van der Waals surface area contributed by atoms with Crippen LogP contribution in [0.25, 0.3) is 5.69 Å². The van der Waals surface area contributed by atoms with Gasteiger partial charge < -0.3 is 9.80 Å². The van der Waals surface area contributed by atoms with Crippen molar-refractivity contribution in [3.8, 4) is 5.69 Å². The summed E-state index contributed by atoms with van der Waals surface area (Å²) >= 11 is 0. The van der Waals surface area contributed by atoms with Crippen molar-refractivity contribution in [1.29, 1.82) is 0 Å². The van der Waals surface area contributed by atoms with Gasteiger partial charge in [-0.3, -0.25) is 0 Å². The molecule has 0 N–H and O–H groups in total. The van der Waals surface area contributed by atoms with Crippen molar-refractivity contribution >= 4 is 5.69 Å². The lowest BCUT2D eigenvalue weighted by atomic mass is 10.2. The number of benzene rings is 1. The van der Waals surface area contributed by atoms with Gasteiger partial charge in [0.1, 0.15) is 0 Å². The molecule has 0 bridgehead atoms. The van der Waals surface area contributed by atoms with Crippen molar-refractivity contribution in [1.82, 2.24) is 14.7 Å². The number of hydrogen-bond donors (Lipinski definition) is 0. The van der Waals surface area contributed by atoms with Gasteiger partial charge in [-0.15, -0.1) is 0 Å². The normalized spacial score (nSPS) is 19.3. The van der Waals surface area contributed by atoms with E-state index in [-0.39, 0.29) is 0 Å². The molecule has 0 spiro atoms. The molecule has 1 aromatic heterocycles. The minimum Gasteiger partial charge on any atom is -0.370 e. The Labute approximate surface area is 114 Å². The number of nitrogens with zero attached hydrogens (tertiary/aromatic N) is 4. The molecule has 2 heterocycles. The second-order valence-corrected chi connectivity index (χ2v) is 5.32. The summed E-state index contributed by atoms with van der Waals surface area (Å²) in [5, 5.41) is 4.25. The highest BCUT2D eigenvalue weighted by atomic mass is 15.3. The van der Waals surface area contributed by atoms with Crippen molar-refractivity contribution in [2.24, 2.45) is 0 Å². The molecule has 4 heteroatoms. The smallest absolute Gasteiger partial charge is 0.0647 e. The Morgan fingerprint density at radius 2 is 1.89 bits per heavy atom. The monoisotopic (exact) mass is 256 g/mol. The SMILES string of the molecule is CN(C)[C@H]1CCN(c2ccc(-n3cccn3)cc2)C1. The van der Waals surface area contributed by atoms with Crippen LogP contribution in [0.15, 0.2) is 42.7 Å². The van der Waals surface area contributed by atoms with Gasteiger partial charge in [-0.2, -0.15) is 5.10 Å². The maximum Gasteiger partial charge on any atom is 0.0647 e. The fraction of sp³-hybridized carbons (Fsp3) is 0.400. The Hall–Kier alpha value is -1.81. The van der Waals surface area contributed by atoms with Crippen molar-refractivity contribution < 1.29 is 0 Å². The van der Waals surface area contributed by atoms with Crippen LogP contribution in [-0.2, 0) is 0 Å². The van der Waals surface area contributed by atoms with Crippen LogP contribution in [0.5, 0.6) is 0 Å². The average Bonchev–Trinajstić information content (AvgIpc) is 3.11. The van der Waals surface area contributed by atoms with Crippen LogP contribution in [0.4, 0.5) is 5.69 Å². The number of aromatic nitrogens is 2. The molecule has 19 heavy (non-hydrogen) atoms. The Morgan fingerprint density at radius 3 is 2.47 bits per heavy atom. The summed E-state index contributed by atoms with van der Waals surface area (Å²) in [7, 11) is 4.32. The van der Waals surface area contributed by atoms with Crippen molar-refractivity contribution in [3.63, 3.8) is 0 Å². The number of hydrogen-bond acceptors (Lipinski definition) is 3. The molecule has 3 rings (SSSR count). The lowest BCUT2D eigenvalue weighted by molar-refractivity contribution is 0.315. The Balaban J connectivity index is 1.73. The molecule has 0 unspecified atom stereocenters. The molecule has 1 aromatic carbocycles. The lowest BCUT2D eigenvalue weighted by Gasteiger charge is -2.22. The molecule has 1 aliphatic rings. The van der Waals surface area contributed by atoms with Crippen LogP contribution in [-0.4, -0.2) is 47.9 Å². The summed E-state index contributed by atoms with van der Waals surface area (Å²) in [6.07, 6.45) is 5.01.